The molecule has 5 heteroatoms. The highest BCUT2D eigenvalue weighted by atomic mass is 19.4. The molecular weight excluding hydrogens is 317 g/mol. The second-order valence-corrected chi connectivity index (χ2v) is 5.40. The van der Waals surface area contributed by atoms with Crippen LogP contribution >= 0.6 is 0 Å². The fourth-order valence-corrected chi connectivity index (χ4v) is 2.57. The van der Waals surface area contributed by atoms with Gasteiger partial charge in [-0.3, -0.25) is 9.59 Å². The van der Waals surface area contributed by atoms with Crippen molar-refractivity contribution < 1.29 is 22.8 Å². The Morgan fingerprint density at radius 2 is 1.33 bits per heavy atom. The van der Waals surface area contributed by atoms with Crippen LogP contribution in [0.3, 0.4) is 0 Å². The zero-order valence-corrected chi connectivity index (χ0v) is 13.2. The molecule has 0 unspecified atom stereocenters. The molecule has 0 amide bonds. The molecule has 0 aliphatic carbocycles. The van der Waals surface area contributed by atoms with Crippen molar-refractivity contribution in [3.8, 4) is 0 Å². The molecule has 0 fully saturated rings. The van der Waals surface area contributed by atoms with Gasteiger partial charge in [-0.1, -0.05) is 49.4 Å². The van der Waals surface area contributed by atoms with E-state index in [4.69, 9.17) is 0 Å². The molecule has 2 rings (SSSR count). The molecule has 0 atom stereocenters. The van der Waals surface area contributed by atoms with E-state index >= 15 is 0 Å². The van der Waals surface area contributed by atoms with Crippen LogP contribution in [0.15, 0.2) is 48.5 Å². The first kappa shape index (κ1) is 17.9. The maximum atomic E-state index is 13.0. The van der Waals surface area contributed by atoms with Gasteiger partial charge in [-0.05, 0) is 18.1 Å². The second-order valence-electron chi connectivity index (χ2n) is 5.40. The Kier molecular flexibility index (Phi) is 5.54. The maximum absolute atomic E-state index is 13.0. The topological polar surface area (TPSA) is 34.1 Å². The van der Waals surface area contributed by atoms with E-state index in [1.54, 1.807) is 12.1 Å². The highest BCUT2D eigenvalue weighted by molar-refractivity contribution is 6.03. The summed E-state index contributed by atoms with van der Waals surface area (Å²) in [6.45, 7) is 1.91. The number of carbonyl (C=O) groups excluding carboxylic acids is 2. The molecule has 2 nitrogen and oxygen atoms in total. The number of alkyl halides is 3. The van der Waals surface area contributed by atoms with Crippen LogP contribution in [-0.4, -0.2) is 11.6 Å². The van der Waals surface area contributed by atoms with Crippen molar-refractivity contribution in [3.05, 3.63) is 70.8 Å². The number of hydrogen-bond donors (Lipinski definition) is 0. The maximum Gasteiger partial charge on any atom is 0.417 e. The Hall–Kier alpha value is -2.43. The lowest BCUT2D eigenvalue weighted by molar-refractivity contribution is -0.137. The third-order valence-electron chi connectivity index (χ3n) is 3.81. The van der Waals surface area contributed by atoms with Gasteiger partial charge in [0.05, 0.1) is 5.56 Å². The largest absolute Gasteiger partial charge is 0.417 e. The van der Waals surface area contributed by atoms with E-state index < -0.39 is 17.5 Å². The Labute approximate surface area is 138 Å². The van der Waals surface area contributed by atoms with Crippen LogP contribution in [0.2, 0.25) is 0 Å². The van der Waals surface area contributed by atoms with Crippen LogP contribution in [0, 0.1) is 0 Å². The fourth-order valence-electron chi connectivity index (χ4n) is 2.57. The van der Waals surface area contributed by atoms with Crippen molar-refractivity contribution in [1.29, 1.82) is 0 Å². The van der Waals surface area contributed by atoms with Crippen LogP contribution in [0.4, 0.5) is 13.2 Å². The number of halogens is 3. The van der Waals surface area contributed by atoms with Crippen molar-refractivity contribution >= 4 is 11.6 Å². The molecule has 0 saturated heterocycles. The first-order valence-corrected chi connectivity index (χ1v) is 7.65. The molecule has 0 spiro atoms. The molecule has 0 aliphatic rings. The van der Waals surface area contributed by atoms with E-state index in [1.165, 1.54) is 12.1 Å². The average Bonchev–Trinajstić information content (AvgIpc) is 2.58. The molecule has 2 aromatic carbocycles. The number of hydrogen-bond acceptors (Lipinski definition) is 2. The van der Waals surface area contributed by atoms with Gasteiger partial charge >= 0.3 is 6.18 Å². The summed E-state index contributed by atoms with van der Waals surface area (Å²) in [5.74, 6) is -0.907. The third-order valence-corrected chi connectivity index (χ3v) is 3.81. The summed E-state index contributed by atoms with van der Waals surface area (Å²) in [7, 11) is 0. The molecule has 0 radical (unpaired) electrons. The van der Waals surface area contributed by atoms with Gasteiger partial charge in [0.15, 0.2) is 11.6 Å². The highest BCUT2D eigenvalue weighted by Crippen LogP contribution is 2.32. The number of carbonyl (C=O) groups is 2. The zero-order chi connectivity index (χ0) is 17.7. The van der Waals surface area contributed by atoms with E-state index in [9.17, 15) is 22.8 Å². The summed E-state index contributed by atoms with van der Waals surface area (Å²) in [4.78, 5) is 24.4. The summed E-state index contributed by atoms with van der Waals surface area (Å²) in [5.41, 5.74) is 0.0422. The van der Waals surface area contributed by atoms with Crippen LogP contribution in [0.25, 0.3) is 0 Å². The number of benzene rings is 2. The molecule has 0 saturated carbocycles. The SMILES string of the molecule is CCc1ccccc1C(=O)CCC(=O)c1ccccc1C(F)(F)F. The summed E-state index contributed by atoms with van der Waals surface area (Å²) < 4.78 is 38.9. The Morgan fingerprint density at radius 1 is 0.833 bits per heavy atom. The van der Waals surface area contributed by atoms with Crippen LogP contribution in [0.5, 0.6) is 0 Å². The molecule has 0 aliphatic heterocycles. The molecule has 0 heterocycles. The predicted molar refractivity (Wildman–Crippen MR) is 85.2 cm³/mol. The summed E-state index contributed by atoms with van der Waals surface area (Å²) in [5, 5.41) is 0. The molecule has 0 N–H and O–H groups in total. The van der Waals surface area contributed by atoms with Crippen LogP contribution in [-0.2, 0) is 12.6 Å². The Balaban J connectivity index is 2.13. The van der Waals surface area contributed by atoms with Gasteiger partial charge in [0, 0.05) is 24.0 Å². The van der Waals surface area contributed by atoms with Gasteiger partial charge in [0.25, 0.3) is 0 Å². The first-order chi connectivity index (χ1) is 11.3. The van der Waals surface area contributed by atoms with Crippen molar-refractivity contribution in [2.75, 3.05) is 0 Å². The third kappa shape index (κ3) is 4.10. The zero-order valence-electron chi connectivity index (χ0n) is 13.2. The number of ketones is 2. The second kappa shape index (κ2) is 7.43. The van der Waals surface area contributed by atoms with Gasteiger partial charge < -0.3 is 0 Å². The van der Waals surface area contributed by atoms with Gasteiger partial charge in [0.1, 0.15) is 0 Å². The van der Waals surface area contributed by atoms with E-state index in [-0.39, 0.29) is 24.2 Å². The number of aryl methyl sites for hydroxylation is 1. The van der Waals surface area contributed by atoms with Gasteiger partial charge in [-0.15, -0.1) is 0 Å². The molecule has 126 valence electrons. The molecule has 0 aromatic heterocycles. The van der Waals surface area contributed by atoms with Crippen LogP contribution < -0.4 is 0 Å². The standard InChI is InChI=1S/C19H17F3O2/c1-2-13-7-3-4-8-14(13)17(23)11-12-18(24)15-9-5-6-10-16(15)19(20,21)22/h3-10H,2,11-12H2,1H3. The normalized spacial score (nSPS) is 11.3. The number of rotatable bonds is 6. The minimum atomic E-state index is -4.59. The monoisotopic (exact) mass is 334 g/mol. The smallest absolute Gasteiger partial charge is 0.294 e. The Bertz CT molecular complexity index is 748. The molecular formula is C19H17F3O2. The minimum absolute atomic E-state index is 0.109. The minimum Gasteiger partial charge on any atom is -0.294 e. The lowest BCUT2D eigenvalue weighted by Gasteiger charge is -2.12. The Morgan fingerprint density at radius 3 is 1.92 bits per heavy atom. The fraction of sp³-hybridized carbons (Fsp3) is 0.263. The lowest BCUT2D eigenvalue weighted by Crippen LogP contribution is -2.14. The molecule has 2 aromatic rings. The van der Waals surface area contributed by atoms with Gasteiger partial charge in [-0.2, -0.15) is 13.2 Å². The predicted octanol–water partition coefficient (Wildman–Crippen LogP) is 5.11. The summed E-state index contributed by atoms with van der Waals surface area (Å²) in [6, 6.07) is 11.7. The van der Waals surface area contributed by atoms with Gasteiger partial charge in [-0.25, -0.2) is 0 Å². The summed E-state index contributed by atoms with van der Waals surface area (Å²) in [6.07, 6.45) is -4.27. The van der Waals surface area contributed by atoms with Crippen LogP contribution in [0.1, 0.15) is 51.6 Å². The van der Waals surface area contributed by atoms with Gasteiger partial charge in [0.2, 0.25) is 0 Å². The van der Waals surface area contributed by atoms with E-state index in [0.717, 1.165) is 17.7 Å². The van der Waals surface area contributed by atoms with Crippen molar-refractivity contribution in [3.63, 3.8) is 0 Å². The van der Waals surface area contributed by atoms with Crippen molar-refractivity contribution in [1.82, 2.24) is 0 Å². The highest BCUT2D eigenvalue weighted by Gasteiger charge is 2.34. The first-order valence-electron chi connectivity index (χ1n) is 7.65. The average molecular weight is 334 g/mol. The van der Waals surface area contributed by atoms with E-state index in [0.29, 0.717) is 12.0 Å². The van der Waals surface area contributed by atoms with E-state index in [1.807, 2.05) is 19.1 Å². The molecule has 24 heavy (non-hydrogen) atoms. The molecule has 0 bridgehead atoms. The van der Waals surface area contributed by atoms with Crippen molar-refractivity contribution in [2.24, 2.45) is 0 Å². The number of Topliss-reactive ketones (excluding diaryl/α,β-unsaturated/α-hetero) is 2. The van der Waals surface area contributed by atoms with E-state index in [2.05, 4.69) is 0 Å². The van der Waals surface area contributed by atoms with Crippen molar-refractivity contribution in [2.45, 2.75) is 32.4 Å². The summed E-state index contributed by atoms with van der Waals surface area (Å²) >= 11 is 0. The lowest BCUT2D eigenvalue weighted by atomic mass is 9.95. The quantitative estimate of drug-likeness (QED) is 0.688.